The molecule has 2 aromatic carbocycles. The van der Waals surface area contributed by atoms with Crippen LogP contribution in [0, 0.1) is 0 Å². The van der Waals surface area contributed by atoms with Crippen LogP contribution in [0.1, 0.15) is 17.0 Å². The Labute approximate surface area is 133 Å². The molecule has 1 heterocycles. The Morgan fingerprint density at radius 2 is 1.86 bits per heavy atom. The molecule has 3 aromatic rings. The van der Waals surface area contributed by atoms with Crippen LogP contribution >= 0.6 is 23.2 Å². The van der Waals surface area contributed by atoms with Crippen molar-refractivity contribution < 1.29 is 0 Å². The Kier molecular flexibility index (Phi) is 4.20. The second-order valence-electron chi connectivity index (χ2n) is 5.20. The monoisotopic (exact) mass is 318 g/mol. The van der Waals surface area contributed by atoms with Gasteiger partial charge in [-0.05, 0) is 54.4 Å². The topological polar surface area (TPSA) is 41.8 Å². The molecule has 0 radical (unpaired) electrons. The third kappa shape index (κ3) is 3.08. The van der Waals surface area contributed by atoms with Crippen molar-refractivity contribution in [3.8, 4) is 0 Å². The van der Waals surface area contributed by atoms with Gasteiger partial charge in [-0.2, -0.15) is 0 Å². The van der Waals surface area contributed by atoms with E-state index in [9.17, 15) is 0 Å². The predicted molar refractivity (Wildman–Crippen MR) is 90.3 cm³/mol. The molecule has 0 spiro atoms. The number of rotatable bonds is 4. The van der Waals surface area contributed by atoms with Crippen molar-refractivity contribution in [3.05, 3.63) is 69.8 Å². The quantitative estimate of drug-likeness (QED) is 0.715. The van der Waals surface area contributed by atoms with Crippen LogP contribution in [0.2, 0.25) is 10.0 Å². The van der Waals surface area contributed by atoms with Gasteiger partial charge >= 0.3 is 0 Å². The van der Waals surface area contributed by atoms with E-state index in [1.807, 2.05) is 42.6 Å². The standard InChI is InChI=1S/C17H16Cl2N2/c18-13-3-1-2-11(7-13)6-12(9-20)16-10-21-17-5-4-14(19)8-15(16)17/h1-5,7-8,10,12,21H,6,9,20H2. The molecule has 3 rings (SSSR count). The van der Waals surface area contributed by atoms with Crippen LogP contribution in [0.3, 0.4) is 0 Å². The summed E-state index contributed by atoms with van der Waals surface area (Å²) >= 11 is 12.2. The molecule has 1 atom stereocenters. The van der Waals surface area contributed by atoms with E-state index in [0.717, 1.165) is 27.4 Å². The summed E-state index contributed by atoms with van der Waals surface area (Å²) in [6, 6.07) is 13.8. The van der Waals surface area contributed by atoms with Crippen LogP contribution in [0.4, 0.5) is 0 Å². The second kappa shape index (κ2) is 6.10. The summed E-state index contributed by atoms with van der Waals surface area (Å²) in [7, 11) is 0. The van der Waals surface area contributed by atoms with Crippen LogP contribution < -0.4 is 5.73 Å². The van der Waals surface area contributed by atoms with Gasteiger partial charge in [0.05, 0.1) is 0 Å². The van der Waals surface area contributed by atoms with Gasteiger partial charge in [0.25, 0.3) is 0 Å². The average molecular weight is 319 g/mol. The Morgan fingerprint density at radius 3 is 2.62 bits per heavy atom. The van der Waals surface area contributed by atoms with Gasteiger partial charge in [0.1, 0.15) is 0 Å². The van der Waals surface area contributed by atoms with Crippen molar-refractivity contribution in [2.24, 2.45) is 5.73 Å². The minimum Gasteiger partial charge on any atom is -0.361 e. The summed E-state index contributed by atoms with van der Waals surface area (Å²) in [6.45, 7) is 0.575. The Morgan fingerprint density at radius 1 is 1.05 bits per heavy atom. The van der Waals surface area contributed by atoms with Crippen molar-refractivity contribution in [1.29, 1.82) is 0 Å². The van der Waals surface area contributed by atoms with Crippen molar-refractivity contribution in [3.63, 3.8) is 0 Å². The van der Waals surface area contributed by atoms with E-state index >= 15 is 0 Å². The number of H-pyrrole nitrogens is 1. The fourth-order valence-corrected chi connectivity index (χ4v) is 3.11. The van der Waals surface area contributed by atoms with Crippen LogP contribution in [-0.2, 0) is 6.42 Å². The number of hydrogen-bond acceptors (Lipinski definition) is 1. The highest BCUT2D eigenvalue weighted by Gasteiger charge is 2.15. The molecule has 108 valence electrons. The van der Waals surface area contributed by atoms with Gasteiger partial charge < -0.3 is 10.7 Å². The van der Waals surface area contributed by atoms with Crippen LogP contribution in [-0.4, -0.2) is 11.5 Å². The highest BCUT2D eigenvalue weighted by atomic mass is 35.5. The first-order valence-electron chi connectivity index (χ1n) is 6.88. The maximum Gasteiger partial charge on any atom is 0.0457 e. The number of halogens is 2. The largest absolute Gasteiger partial charge is 0.361 e. The summed E-state index contributed by atoms with van der Waals surface area (Å²) in [4.78, 5) is 3.29. The average Bonchev–Trinajstić information content (AvgIpc) is 2.88. The fourth-order valence-electron chi connectivity index (χ4n) is 2.72. The van der Waals surface area contributed by atoms with Crippen molar-refractivity contribution in [2.45, 2.75) is 12.3 Å². The number of aromatic nitrogens is 1. The van der Waals surface area contributed by atoms with E-state index in [0.29, 0.717) is 6.54 Å². The van der Waals surface area contributed by atoms with Gasteiger partial charge in [0.2, 0.25) is 0 Å². The third-order valence-corrected chi connectivity index (χ3v) is 4.24. The third-order valence-electron chi connectivity index (χ3n) is 3.77. The highest BCUT2D eigenvalue weighted by molar-refractivity contribution is 6.31. The van der Waals surface area contributed by atoms with Gasteiger partial charge in [-0.15, -0.1) is 0 Å². The molecule has 1 aromatic heterocycles. The molecule has 0 amide bonds. The van der Waals surface area contributed by atoms with Crippen LogP contribution in [0.25, 0.3) is 10.9 Å². The number of hydrogen-bond donors (Lipinski definition) is 2. The molecule has 0 saturated heterocycles. The van der Waals surface area contributed by atoms with E-state index in [-0.39, 0.29) is 5.92 Å². The second-order valence-corrected chi connectivity index (χ2v) is 6.07. The first kappa shape index (κ1) is 14.5. The Bertz CT molecular complexity index is 764. The minimum absolute atomic E-state index is 0.232. The van der Waals surface area contributed by atoms with E-state index in [2.05, 4.69) is 11.1 Å². The predicted octanol–water partition coefficient (Wildman–Crippen LogP) is 4.76. The number of aromatic amines is 1. The zero-order chi connectivity index (χ0) is 14.8. The molecule has 2 nitrogen and oxygen atoms in total. The molecular weight excluding hydrogens is 303 g/mol. The molecule has 0 bridgehead atoms. The van der Waals surface area contributed by atoms with Crippen molar-refractivity contribution in [2.75, 3.05) is 6.54 Å². The molecular formula is C17H16Cl2N2. The van der Waals surface area contributed by atoms with Gasteiger partial charge in [-0.3, -0.25) is 0 Å². The number of benzene rings is 2. The van der Waals surface area contributed by atoms with Crippen molar-refractivity contribution >= 4 is 34.1 Å². The summed E-state index contributed by atoms with van der Waals surface area (Å²) in [5, 5.41) is 2.63. The SMILES string of the molecule is NCC(Cc1cccc(Cl)c1)c1c[nH]c2ccc(Cl)cc12. The maximum absolute atomic E-state index is 6.11. The lowest BCUT2D eigenvalue weighted by Crippen LogP contribution is -2.14. The molecule has 21 heavy (non-hydrogen) atoms. The summed E-state index contributed by atoms with van der Waals surface area (Å²) < 4.78 is 0. The smallest absolute Gasteiger partial charge is 0.0457 e. The molecule has 0 aliphatic rings. The van der Waals surface area contributed by atoms with Crippen molar-refractivity contribution in [1.82, 2.24) is 4.98 Å². The van der Waals surface area contributed by atoms with Crippen LogP contribution in [0.15, 0.2) is 48.7 Å². The van der Waals surface area contributed by atoms with E-state index in [1.54, 1.807) is 0 Å². The van der Waals surface area contributed by atoms with Gasteiger partial charge in [0, 0.05) is 33.1 Å². The minimum atomic E-state index is 0.232. The molecule has 3 N–H and O–H groups in total. The number of nitrogens with two attached hydrogens (primary N) is 1. The fraction of sp³-hybridized carbons (Fsp3) is 0.176. The first-order chi connectivity index (χ1) is 10.2. The summed E-state index contributed by atoms with van der Waals surface area (Å²) in [5.41, 5.74) is 9.47. The number of fused-ring (bicyclic) bond motifs is 1. The number of nitrogens with one attached hydrogen (secondary N) is 1. The molecule has 0 fully saturated rings. The van der Waals surface area contributed by atoms with Gasteiger partial charge in [-0.25, -0.2) is 0 Å². The molecule has 0 aliphatic heterocycles. The lowest BCUT2D eigenvalue weighted by molar-refractivity contribution is 0.699. The molecule has 0 saturated carbocycles. The van der Waals surface area contributed by atoms with E-state index < -0.39 is 0 Å². The first-order valence-corrected chi connectivity index (χ1v) is 7.64. The molecule has 4 heteroatoms. The summed E-state index contributed by atoms with van der Waals surface area (Å²) in [5.74, 6) is 0.232. The van der Waals surface area contributed by atoms with Gasteiger partial charge in [0.15, 0.2) is 0 Å². The zero-order valence-electron chi connectivity index (χ0n) is 11.4. The normalized spacial score (nSPS) is 12.7. The summed E-state index contributed by atoms with van der Waals surface area (Å²) in [6.07, 6.45) is 2.89. The lowest BCUT2D eigenvalue weighted by atomic mass is 9.92. The Hall–Kier alpha value is -1.48. The lowest BCUT2D eigenvalue weighted by Gasteiger charge is -2.14. The highest BCUT2D eigenvalue weighted by Crippen LogP contribution is 2.30. The Balaban J connectivity index is 1.96. The molecule has 1 unspecified atom stereocenters. The maximum atomic E-state index is 6.11. The van der Waals surface area contributed by atoms with E-state index in [4.69, 9.17) is 28.9 Å². The van der Waals surface area contributed by atoms with Gasteiger partial charge in [-0.1, -0.05) is 35.3 Å². The zero-order valence-corrected chi connectivity index (χ0v) is 13.0. The molecule has 0 aliphatic carbocycles. The van der Waals surface area contributed by atoms with Crippen LogP contribution in [0.5, 0.6) is 0 Å². The van der Waals surface area contributed by atoms with E-state index in [1.165, 1.54) is 11.1 Å².